The van der Waals surface area contributed by atoms with Gasteiger partial charge >= 0.3 is 11.8 Å². The van der Waals surface area contributed by atoms with Gasteiger partial charge in [0.05, 0.1) is 24.7 Å². The summed E-state index contributed by atoms with van der Waals surface area (Å²) in [6.07, 6.45) is -0.532. The number of rotatable bonds is 6. The van der Waals surface area contributed by atoms with Gasteiger partial charge in [0.1, 0.15) is 12.0 Å². The van der Waals surface area contributed by atoms with Crippen molar-refractivity contribution in [3.8, 4) is 0 Å². The Kier molecular flexibility index (Phi) is 7.03. The third kappa shape index (κ3) is 4.97. The molecule has 0 bridgehead atoms. The fourth-order valence-corrected chi connectivity index (χ4v) is 3.92. The molecule has 11 heteroatoms. The SMILES string of the molecule is O=C(NCCO)C(=O)NC[C@H]1OCCCN1S(=O)(=O)c1ccc(F)cc1. The molecule has 1 aliphatic heterocycles. The van der Waals surface area contributed by atoms with Crippen LogP contribution in [0.15, 0.2) is 29.2 Å². The summed E-state index contributed by atoms with van der Waals surface area (Å²) >= 11 is 0. The van der Waals surface area contributed by atoms with Gasteiger partial charge in [0.15, 0.2) is 0 Å². The van der Waals surface area contributed by atoms with Crippen molar-refractivity contribution in [3.63, 3.8) is 0 Å². The van der Waals surface area contributed by atoms with Crippen LogP contribution in [0.5, 0.6) is 0 Å². The minimum Gasteiger partial charge on any atom is -0.395 e. The predicted molar refractivity (Wildman–Crippen MR) is 87.8 cm³/mol. The monoisotopic (exact) mass is 389 g/mol. The van der Waals surface area contributed by atoms with E-state index in [1.807, 2.05) is 0 Å². The van der Waals surface area contributed by atoms with Gasteiger partial charge in [0, 0.05) is 13.1 Å². The largest absolute Gasteiger partial charge is 0.395 e. The maximum Gasteiger partial charge on any atom is 0.309 e. The molecule has 1 aliphatic rings. The first-order valence-electron chi connectivity index (χ1n) is 7.92. The lowest BCUT2D eigenvalue weighted by molar-refractivity contribution is -0.140. The summed E-state index contributed by atoms with van der Waals surface area (Å²) < 4.78 is 45.0. The van der Waals surface area contributed by atoms with E-state index in [-0.39, 0.29) is 31.1 Å². The normalized spacial score (nSPS) is 18.3. The van der Waals surface area contributed by atoms with Crippen LogP contribution in [0.1, 0.15) is 6.42 Å². The molecule has 1 atom stereocenters. The van der Waals surface area contributed by atoms with Gasteiger partial charge < -0.3 is 20.5 Å². The van der Waals surface area contributed by atoms with Crippen molar-refractivity contribution in [1.82, 2.24) is 14.9 Å². The van der Waals surface area contributed by atoms with Gasteiger partial charge in [0.2, 0.25) is 10.0 Å². The van der Waals surface area contributed by atoms with Crippen LogP contribution in [0.4, 0.5) is 4.39 Å². The Morgan fingerprint density at radius 3 is 2.54 bits per heavy atom. The Hall–Kier alpha value is -2.08. The number of amides is 2. The molecule has 1 saturated heterocycles. The Morgan fingerprint density at radius 1 is 1.23 bits per heavy atom. The Labute approximate surface area is 150 Å². The molecule has 2 rings (SSSR count). The Morgan fingerprint density at radius 2 is 1.88 bits per heavy atom. The maximum atomic E-state index is 13.0. The molecule has 2 amide bonds. The fraction of sp³-hybridized carbons (Fsp3) is 0.467. The van der Waals surface area contributed by atoms with Gasteiger partial charge in [-0.05, 0) is 30.7 Å². The highest BCUT2D eigenvalue weighted by molar-refractivity contribution is 7.89. The van der Waals surface area contributed by atoms with Gasteiger partial charge in [-0.15, -0.1) is 0 Å². The number of aliphatic hydroxyl groups excluding tert-OH is 1. The van der Waals surface area contributed by atoms with E-state index in [1.165, 1.54) is 0 Å². The van der Waals surface area contributed by atoms with Gasteiger partial charge in [-0.25, -0.2) is 12.8 Å². The lowest BCUT2D eigenvalue weighted by Crippen LogP contribution is -2.53. The van der Waals surface area contributed by atoms with E-state index < -0.39 is 33.9 Å². The van der Waals surface area contributed by atoms with Crippen molar-refractivity contribution in [2.24, 2.45) is 0 Å². The molecule has 0 radical (unpaired) electrons. The van der Waals surface area contributed by atoms with Crippen LogP contribution in [-0.2, 0) is 24.3 Å². The van der Waals surface area contributed by atoms with Crippen molar-refractivity contribution in [3.05, 3.63) is 30.1 Å². The smallest absolute Gasteiger partial charge is 0.309 e. The number of hydrogen-bond acceptors (Lipinski definition) is 6. The number of ether oxygens (including phenoxy) is 1. The van der Waals surface area contributed by atoms with E-state index in [9.17, 15) is 22.4 Å². The lowest BCUT2D eigenvalue weighted by Gasteiger charge is -2.34. The summed E-state index contributed by atoms with van der Waals surface area (Å²) in [5.41, 5.74) is 0. The van der Waals surface area contributed by atoms with Crippen molar-refractivity contribution >= 4 is 21.8 Å². The Balaban J connectivity index is 2.06. The summed E-state index contributed by atoms with van der Waals surface area (Å²) in [6.45, 7) is -0.152. The second kappa shape index (κ2) is 9.03. The number of hydrogen-bond donors (Lipinski definition) is 3. The first-order chi connectivity index (χ1) is 12.4. The molecular formula is C15H20FN3O6S. The molecule has 26 heavy (non-hydrogen) atoms. The first-order valence-corrected chi connectivity index (χ1v) is 9.36. The molecule has 0 spiro atoms. The van der Waals surface area contributed by atoms with E-state index >= 15 is 0 Å². The molecular weight excluding hydrogens is 369 g/mol. The molecule has 1 heterocycles. The van der Waals surface area contributed by atoms with Crippen LogP contribution in [0.2, 0.25) is 0 Å². The zero-order valence-electron chi connectivity index (χ0n) is 13.9. The number of halogens is 1. The summed E-state index contributed by atoms with van der Waals surface area (Å²) in [5, 5.41) is 13.1. The zero-order chi connectivity index (χ0) is 19.2. The third-order valence-corrected chi connectivity index (χ3v) is 5.52. The molecule has 144 valence electrons. The average molecular weight is 389 g/mol. The van der Waals surface area contributed by atoms with E-state index in [4.69, 9.17) is 9.84 Å². The molecule has 9 nitrogen and oxygen atoms in total. The number of carbonyl (C=O) groups is 2. The highest BCUT2D eigenvalue weighted by Crippen LogP contribution is 2.22. The number of nitrogens with zero attached hydrogens (tertiary/aromatic N) is 1. The molecule has 1 aromatic rings. The van der Waals surface area contributed by atoms with Crippen LogP contribution in [0.3, 0.4) is 0 Å². The van der Waals surface area contributed by atoms with Crippen molar-refractivity contribution in [2.45, 2.75) is 17.5 Å². The molecule has 1 fully saturated rings. The van der Waals surface area contributed by atoms with E-state index in [1.54, 1.807) is 0 Å². The second-order valence-electron chi connectivity index (χ2n) is 5.44. The number of sulfonamides is 1. The summed E-state index contributed by atoms with van der Waals surface area (Å²) in [5.74, 6) is -2.47. The van der Waals surface area contributed by atoms with Crippen molar-refractivity contribution in [2.75, 3.05) is 32.8 Å². The number of nitrogens with one attached hydrogen (secondary N) is 2. The van der Waals surface area contributed by atoms with Gasteiger partial charge in [0.25, 0.3) is 0 Å². The third-order valence-electron chi connectivity index (χ3n) is 3.62. The summed E-state index contributed by atoms with van der Waals surface area (Å²) in [7, 11) is -3.95. The number of benzene rings is 1. The minimum atomic E-state index is -3.95. The van der Waals surface area contributed by atoms with Crippen molar-refractivity contribution < 1.29 is 32.2 Å². The van der Waals surface area contributed by atoms with Crippen LogP contribution in [-0.4, -0.2) is 68.7 Å². The van der Waals surface area contributed by atoms with Gasteiger partial charge in [-0.1, -0.05) is 0 Å². The molecule has 1 aromatic carbocycles. The molecule has 0 unspecified atom stereocenters. The second-order valence-corrected chi connectivity index (χ2v) is 7.33. The molecule has 3 N–H and O–H groups in total. The molecule has 0 aliphatic carbocycles. The summed E-state index contributed by atoms with van der Waals surface area (Å²) in [6, 6.07) is 4.38. The predicted octanol–water partition coefficient (Wildman–Crippen LogP) is -1.21. The van der Waals surface area contributed by atoms with Crippen LogP contribution >= 0.6 is 0 Å². The standard InChI is InChI=1S/C15H20FN3O6S/c16-11-2-4-12(5-3-11)26(23,24)19-7-1-9-25-13(19)10-18-15(22)14(21)17-6-8-20/h2-5,13,20H,1,6-10H2,(H,17,21)(H,18,22)/t13-/m1/s1. The van der Waals surface area contributed by atoms with Gasteiger partial charge in [-0.3, -0.25) is 9.59 Å². The lowest BCUT2D eigenvalue weighted by atomic mass is 10.3. The quantitative estimate of drug-likeness (QED) is 0.524. The fourth-order valence-electron chi connectivity index (χ4n) is 2.35. The van der Waals surface area contributed by atoms with Crippen LogP contribution in [0.25, 0.3) is 0 Å². The van der Waals surface area contributed by atoms with E-state index in [0.717, 1.165) is 28.6 Å². The molecule has 0 aromatic heterocycles. The average Bonchev–Trinajstić information content (AvgIpc) is 2.64. The topological polar surface area (TPSA) is 125 Å². The summed E-state index contributed by atoms with van der Waals surface area (Å²) in [4.78, 5) is 23.1. The highest BCUT2D eigenvalue weighted by atomic mass is 32.2. The highest BCUT2D eigenvalue weighted by Gasteiger charge is 2.34. The zero-order valence-corrected chi connectivity index (χ0v) is 14.7. The van der Waals surface area contributed by atoms with E-state index in [2.05, 4.69) is 10.6 Å². The van der Waals surface area contributed by atoms with Gasteiger partial charge in [-0.2, -0.15) is 4.31 Å². The van der Waals surface area contributed by atoms with Crippen LogP contribution < -0.4 is 10.6 Å². The van der Waals surface area contributed by atoms with Crippen LogP contribution in [0, 0.1) is 5.82 Å². The minimum absolute atomic E-state index is 0.0722. The maximum absolute atomic E-state index is 13.0. The first kappa shape index (κ1) is 20.2. The van der Waals surface area contributed by atoms with Crippen molar-refractivity contribution in [1.29, 1.82) is 0 Å². The molecule has 0 saturated carbocycles. The number of carbonyl (C=O) groups excluding carboxylic acids is 2. The number of aliphatic hydroxyl groups is 1. The Bertz CT molecular complexity index is 740. The van der Waals surface area contributed by atoms with E-state index in [0.29, 0.717) is 13.0 Å².